The van der Waals surface area contributed by atoms with Crippen LogP contribution in [0.4, 0.5) is 0 Å². The summed E-state index contributed by atoms with van der Waals surface area (Å²) < 4.78 is 6.18. The fourth-order valence-corrected chi connectivity index (χ4v) is 3.91. The number of carboxylic acid groups (broad SMARTS) is 1. The van der Waals surface area contributed by atoms with Gasteiger partial charge in [-0.1, -0.05) is 48.5 Å². The molecule has 1 saturated heterocycles. The van der Waals surface area contributed by atoms with Crippen LogP contribution in [0.2, 0.25) is 0 Å². The predicted octanol–water partition coefficient (Wildman–Crippen LogP) is 4.86. The van der Waals surface area contributed by atoms with Crippen LogP contribution in [0.15, 0.2) is 59.0 Å². The van der Waals surface area contributed by atoms with Gasteiger partial charge >= 0.3 is 5.97 Å². The molecule has 1 N–H and O–H groups in total. The molecule has 27 heavy (non-hydrogen) atoms. The maximum Gasteiger partial charge on any atom is 0.307 e. The van der Waals surface area contributed by atoms with Crippen molar-refractivity contribution in [2.75, 3.05) is 19.6 Å². The minimum absolute atomic E-state index is 0. The van der Waals surface area contributed by atoms with E-state index in [4.69, 9.17) is 4.42 Å². The molecule has 1 aliphatic heterocycles. The molecule has 3 aromatic rings. The highest BCUT2D eigenvalue weighted by atomic mass is 35.5. The van der Waals surface area contributed by atoms with Crippen molar-refractivity contribution >= 4 is 29.3 Å². The standard InChI is InChI=1S/C22H23NO3.ClH/c24-22(25)17-9-6-13-23(15-17)14-12-20-21(16-7-2-1-3-8-16)18-10-4-5-11-19(18)26-20;/h1-5,7-8,10-11,17H,6,9,12-15H2,(H,24,25);1H. The second-order valence-electron chi connectivity index (χ2n) is 6.99. The van der Waals surface area contributed by atoms with Gasteiger partial charge in [0.2, 0.25) is 0 Å². The van der Waals surface area contributed by atoms with Crippen molar-refractivity contribution in [2.45, 2.75) is 19.3 Å². The molecule has 2 aromatic carbocycles. The number of piperidine rings is 1. The van der Waals surface area contributed by atoms with Crippen molar-refractivity contribution in [3.63, 3.8) is 0 Å². The summed E-state index contributed by atoms with van der Waals surface area (Å²) in [5, 5.41) is 10.4. The molecule has 1 fully saturated rings. The van der Waals surface area contributed by atoms with Crippen LogP contribution in [0.25, 0.3) is 22.1 Å². The number of hydrogen-bond donors (Lipinski definition) is 1. The van der Waals surface area contributed by atoms with E-state index in [1.165, 1.54) is 0 Å². The average molecular weight is 386 g/mol. The third-order valence-electron chi connectivity index (χ3n) is 5.24. The molecular formula is C22H24ClNO3. The number of aliphatic carboxylic acids is 1. The topological polar surface area (TPSA) is 53.7 Å². The summed E-state index contributed by atoms with van der Waals surface area (Å²) in [5.41, 5.74) is 3.23. The van der Waals surface area contributed by atoms with Gasteiger partial charge in [0.05, 0.1) is 5.92 Å². The molecular weight excluding hydrogens is 362 g/mol. The highest BCUT2D eigenvalue weighted by Crippen LogP contribution is 2.35. The van der Waals surface area contributed by atoms with Gasteiger partial charge in [0.1, 0.15) is 11.3 Å². The van der Waals surface area contributed by atoms with Crippen LogP contribution in [0.3, 0.4) is 0 Å². The maximum atomic E-state index is 11.3. The summed E-state index contributed by atoms with van der Waals surface area (Å²) >= 11 is 0. The first kappa shape index (κ1) is 19.5. The Morgan fingerprint density at radius 2 is 1.85 bits per heavy atom. The van der Waals surface area contributed by atoms with Crippen molar-refractivity contribution in [3.8, 4) is 11.1 Å². The van der Waals surface area contributed by atoms with Gasteiger partial charge in [-0.3, -0.25) is 4.79 Å². The Labute approximate surface area is 165 Å². The summed E-state index contributed by atoms with van der Waals surface area (Å²) in [6.07, 6.45) is 2.51. The molecule has 1 atom stereocenters. The number of halogens is 1. The molecule has 1 unspecified atom stereocenters. The van der Waals surface area contributed by atoms with E-state index < -0.39 is 5.97 Å². The Balaban J connectivity index is 0.00000210. The number of carbonyl (C=O) groups is 1. The number of nitrogens with zero attached hydrogens (tertiary/aromatic N) is 1. The van der Waals surface area contributed by atoms with Crippen LogP contribution in [0, 0.1) is 5.92 Å². The Hall–Kier alpha value is -2.30. The van der Waals surface area contributed by atoms with Gasteiger partial charge in [-0.25, -0.2) is 0 Å². The SMILES string of the molecule is Cl.O=C(O)C1CCCN(CCc2oc3ccccc3c2-c2ccccc2)C1. The first-order valence-electron chi connectivity index (χ1n) is 9.23. The number of carboxylic acids is 1. The van der Waals surface area contributed by atoms with Crippen LogP contribution in [-0.4, -0.2) is 35.6 Å². The second kappa shape index (κ2) is 8.59. The number of rotatable bonds is 5. The van der Waals surface area contributed by atoms with E-state index in [1.54, 1.807) is 0 Å². The van der Waals surface area contributed by atoms with Crippen LogP contribution < -0.4 is 0 Å². The van der Waals surface area contributed by atoms with Gasteiger partial charge < -0.3 is 14.4 Å². The quantitative estimate of drug-likeness (QED) is 0.681. The smallest absolute Gasteiger partial charge is 0.307 e. The molecule has 142 valence electrons. The van der Waals surface area contributed by atoms with E-state index >= 15 is 0 Å². The molecule has 4 rings (SSSR count). The monoisotopic (exact) mass is 385 g/mol. The van der Waals surface area contributed by atoms with Crippen LogP contribution in [0.1, 0.15) is 18.6 Å². The zero-order chi connectivity index (χ0) is 17.9. The molecule has 0 bridgehead atoms. The molecule has 0 spiro atoms. The predicted molar refractivity (Wildman–Crippen MR) is 109 cm³/mol. The zero-order valence-electron chi connectivity index (χ0n) is 15.1. The molecule has 0 aliphatic carbocycles. The van der Waals surface area contributed by atoms with Gasteiger partial charge in [-0.2, -0.15) is 0 Å². The average Bonchev–Trinajstić information content (AvgIpc) is 3.05. The summed E-state index contributed by atoms with van der Waals surface area (Å²) in [6, 6.07) is 18.5. The highest BCUT2D eigenvalue weighted by Gasteiger charge is 2.25. The Morgan fingerprint density at radius 3 is 2.63 bits per heavy atom. The van der Waals surface area contributed by atoms with Crippen molar-refractivity contribution in [1.29, 1.82) is 0 Å². The van der Waals surface area contributed by atoms with Gasteiger partial charge in [0.25, 0.3) is 0 Å². The number of fused-ring (bicyclic) bond motifs is 1. The summed E-state index contributed by atoms with van der Waals surface area (Å²) in [6.45, 7) is 2.42. The Morgan fingerprint density at radius 1 is 1.11 bits per heavy atom. The van der Waals surface area contributed by atoms with E-state index in [0.29, 0.717) is 6.54 Å². The van der Waals surface area contributed by atoms with E-state index in [1.807, 2.05) is 36.4 Å². The third kappa shape index (κ3) is 4.18. The first-order valence-corrected chi connectivity index (χ1v) is 9.23. The summed E-state index contributed by atoms with van der Waals surface area (Å²) in [7, 11) is 0. The molecule has 0 amide bonds. The van der Waals surface area contributed by atoms with E-state index in [0.717, 1.165) is 60.2 Å². The number of hydrogen-bond acceptors (Lipinski definition) is 3. The zero-order valence-corrected chi connectivity index (χ0v) is 16.0. The number of likely N-dealkylation sites (tertiary alicyclic amines) is 1. The number of para-hydroxylation sites is 1. The van der Waals surface area contributed by atoms with Gasteiger partial charge in [0.15, 0.2) is 0 Å². The third-order valence-corrected chi connectivity index (χ3v) is 5.24. The van der Waals surface area contributed by atoms with Crippen LogP contribution >= 0.6 is 12.4 Å². The molecule has 5 heteroatoms. The lowest BCUT2D eigenvalue weighted by molar-refractivity contribution is -0.143. The molecule has 4 nitrogen and oxygen atoms in total. The summed E-state index contributed by atoms with van der Waals surface area (Å²) in [5.74, 6) is 0.0614. The van der Waals surface area contributed by atoms with Crippen molar-refractivity contribution in [3.05, 3.63) is 60.4 Å². The minimum Gasteiger partial charge on any atom is -0.481 e. The van der Waals surface area contributed by atoms with Crippen molar-refractivity contribution in [2.24, 2.45) is 5.92 Å². The largest absolute Gasteiger partial charge is 0.481 e. The van der Waals surface area contributed by atoms with E-state index in [9.17, 15) is 9.90 Å². The molecule has 0 radical (unpaired) electrons. The molecule has 1 aliphatic rings. The van der Waals surface area contributed by atoms with Gasteiger partial charge in [0, 0.05) is 30.5 Å². The van der Waals surface area contributed by atoms with Gasteiger partial charge in [-0.05, 0) is 31.0 Å². The van der Waals surface area contributed by atoms with Crippen molar-refractivity contribution in [1.82, 2.24) is 4.90 Å². The Kier molecular flexibility index (Phi) is 6.19. The number of benzene rings is 2. The minimum atomic E-state index is -0.677. The van der Waals surface area contributed by atoms with Crippen LogP contribution in [-0.2, 0) is 11.2 Å². The molecule has 1 aromatic heterocycles. The molecule has 0 saturated carbocycles. The fourth-order valence-electron chi connectivity index (χ4n) is 3.91. The van der Waals surface area contributed by atoms with Gasteiger partial charge in [-0.15, -0.1) is 12.4 Å². The Bertz CT molecular complexity index is 906. The lowest BCUT2D eigenvalue weighted by Crippen LogP contribution is -2.39. The second-order valence-corrected chi connectivity index (χ2v) is 6.99. The molecule has 2 heterocycles. The van der Waals surface area contributed by atoms with Crippen molar-refractivity contribution < 1.29 is 14.3 Å². The number of furan rings is 1. The first-order chi connectivity index (χ1) is 12.7. The lowest BCUT2D eigenvalue weighted by atomic mass is 9.97. The summed E-state index contributed by atoms with van der Waals surface area (Å²) in [4.78, 5) is 13.5. The maximum absolute atomic E-state index is 11.3. The van der Waals surface area contributed by atoms with Crippen LogP contribution in [0.5, 0.6) is 0 Å². The lowest BCUT2D eigenvalue weighted by Gasteiger charge is -2.30. The highest BCUT2D eigenvalue weighted by molar-refractivity contribution is 5.95. The van der Waals surface area contributed by atoms with E-state index in [-0.39, 0.29) is 18.3 Å². The van der Waals surface area contributed by atoms with E-state index in [2.05, 4.69) is 23.1 Å². The normalized spacial score (nSPS) is 17.6. The fraction of sp³-hybridized carbons (Fsp3) is 0.318.